The van der Waals surface area contributed by atoms with Crippen molar-refractivity contribution in [3.63, 3.8) is 0 Å². The van der Waals surface area contributed by atoms with E-state index in [9.17, 15) is 0 Å². The van der Waals surface area contributed by atoms with Gasteiger partial charge < -0.3 is 15.9 Å². The summed E-state index contributed by atoms with van der Waals surface area (Å²) in [5.74, 6) is 0.352. The highest BCUT2D eigenvalue weighted by molar-refractivity contribution is 4.85. The van der Waals surface area contributed by atoms with Crippen LogP contribution in [0.15, 0.2) is 0 Å². The molecule has 9 heavy (non-hydrogen) atoms. The van der Waals surface area contributed by atoms with Gasteiger partial charge in [0.15, 0.2) is 0 Å². The fourth-order valence-corrected chi connectivity index (χ4v) is 1.13. The van der Waals surface area contributed by atoms with Gasteiger partial charge >= 0.3 is 0 Å². The minimum Gasteiger partial charge on any atom is -0.395 e. The first-order chi connectivity index (χ1) is 4.24. The van der Waals surface area contributed by atoms with Gasteiger partial charge in [-0.3, -0.25) is 0 Å². The third-order valence-corrected chi connectivity index (χ3v) is 1.97. The van der Waals surface area contributed by atoms with Crippen molar-refractivity contribution < 1.29 is 10.2 Å². The predicted molar refractivity (Wildman–Crippen MR) is 33.8 cm³/mol. The van der Waals surface area contributed by atoms with Crippen molar-refractivity contribution in [3.8, 4) is 0 Å². The molecule has 1 aliphatic rings. The van der Waals surface area contributed by atoms with E-state index in [1.807, 2.05) is 0 Å². The summed E-state index contributed by atoms with van der Waals surface area (Å²) in [7, 11) is 0. The Morgan fingerprint density at radius 1 is 1.56 bits per heavy atom. The lowest BCUT2D eigenvalue weighted by Crippen LogP contribution is -2.43. The molecule has 0 bridgehead atoms. The maximum absolute atomic E-state index is 8.83. The smallest absolute Gasteiger partial charge is 0.0585 e. The highest BCUT2D eigenvalue weighted by Gasteiger charge is 2.31. The van der Waals surface area contributed by atoms with Gasteiger partial charge in [0.25, 0.3) is 0 Å². The Hall–Kier alpha value is -0.120. The molecule has 54 valence electrons. The van der Waals surface area contributed by atoms with Crippen molar-refractivity contribution in [2.24, 2.45) is 11.7 Å². The van der Waals surface area contributed by atoms with Crippen LogP contribution < -0.4 is 5.73 Å². The summed E-state index contributed by atoms with van der Waals surface area (Å²) in [6.45, 7) is 0.0391. The van der Waals surface area contributed by atoms with Gasteiger partial charge in [0, 0.05) is 6.04 Å². The van der Waals surface area contributed by atoms with E-state index in [4.69, 9.17) is 15.9 Å². The molecule has 0 radical (unpaired) electrons. The SMILES string of the molecule is NC(CO)C1CC(O)C1. The van der Waals surface area contributed by atoms with E-state index < -0.39 is 0 Å². The second kappa shape index (κ2) is 2.64. The molecule has 3 heteroatoms. The molecule has 1 fully saturated rings. The Morgan fingerprint density at radius 3 is 2.44 bits per heavy atom. The number of hydrogen-bond donors (Lipinski definition) is 3. The molecule has 1 unspecified atom stereocenters. The zero-order valence-corrected chi connectivity index (χ0v) is 5.33. The van der Waals surface area contributed by atoms with Crippen molar-refractivity contribution in [2.45, 2.75) is 25.0 Å². The lowest BCUT2D eigenvalue weighted by molar-refractivity contribution is 0.0211. The van der Waals surface area contributed by atoms with Gasteiger partial charge in [-0.2, -0.15) is 0 Å². The van der Waals surface area contributed by atoms with E-state index in [0.29, 0.717) is 5.92 Å². The van der Waals surface area contributed by atoms with E-state index in [1.54, 1.807) is 0 Å². The molecule has 0 aliphatic heterocycles. The molecule has 3 nitrogen and oxygen atoms in total. The predicted octanol–water partition coefficient (Wildman–Crippen LogP) is -0.923. The molecule has 1 aliphatic carbocycles. The molecule has 0 aromatic carbocycles. The van der Waals surface area contributed by atoms with Gasteiger partial charge in [0.1, 0.15) is 0 Å². The first-order valence-corrected chi connectivity index (χ1v) is 3.28. The average molecular weight is 131 g/mol. The Kier molecular flexibility index (Phi) is 2.05. The van der Waals surface area contributed by atoms with Crippen LogP contribution in [0.25, 0.3) is 0 Å². The minimum absolute atomic E-state index is 0.0391. The third-order valence-electron chi connectivity index (χ3n) is 1.97. The zero-order chi connectivity index (χ0) is 6.85. The fourth-order valence-electron chi connectivity index (χ4n) is 1.13. The molecule has 0 aromatic heterocycles. The van der Waals surface area contributed by atoms with Crippen molar-refractivity contribution in [3.05, 3.63) is 0 Å². The van der Waals surface area contributed by atoms with Gasteiger partial charge in [-0.25, -0.2) is 0 Å². The number of aliphatic hydroxyl groups is 2. The Labute approximate surface area is 54.5 Å². The third kappa shape index (κ3) is 1.41. The topological polar surface area (TPSA) is 66.5 Å². The summed E-state index contributed by atoms with van der Waals surface area (Å²) in [6, 6.07) is -0.117. The lowest BCUT2D eigenvalue weighted by atomic mass is 9.78. The van der Waals surface area contributed by atoms with Gasteiger partial charge in [0.05, 0.1) is 12.7 Å². The van der Waals surface area contributed by atoms with Crippen LogP contribution in [0.1, 0.15) is 12.8 Å². The molecule has 0 spiro atoms. The lowest BCUT2D eigenvalue weighted by Gasteiger charge is -2.34. The van der Waals surface area contributed by atoms with Crippen molar-refractivity contribution >= 4 is 0 Å². The van der Waals surface area contributed by atoms with Crippen LogP contribution >= 0.6 is 0 Å². The number of aliphatic hydroxyl groups excluding tert-OH is 2. The van der Waals surface area contributed by atoms with Gasteiger partial charge in [-0.05, 0) is 18.8 Å². The van der Waals surface area contributed by atoms with E-state index in [1.165, 1.54) is 0 Å². The van der Waals surface area contributed by atoms with Crippen LogP contribution in [0.3, 0.4) is 0 Å². The maximum atomic E-state index is 8.83. The van der Waals surface area contributed by atoms with E-state index >= 15 is 0 Å². The van der Waals surface area contributed by atoms with Crippen molar-refractivity contribution in [1.29, 1.82) is 0 Å². The Balaban J connectivity index is 2.15. The standard InChI is InChI=1S/C6H13NO2/c7-6(3-8)4-1-5(9)2-4/h4-6,8-9H,1-3,7H2. The monoisotopic (exact) mass is 131 g/mol. The normalized spacial score (nSPS) is 37.7. The summed E-state index contributed by atoms with van der Waals surface area (Å²) in [5, 5.41) is 17.4. The highest BCUT2D eigenvalue weighted by Crippen LogP contribution is 2.28. The largest absolute Gasteiger partial charge is 0.395 e. The van der Waals surface area contributed by atoms with Crippen LogP contribution in [-0.2, 0) is 0 Å². The molecule has 0 aromatic rings. The first kappa shape index (κ1) is 6.99. The van der Waals surface area contributed by atoms with E-state index in [0.717, 1.165) is 12.8 Å². The highest BCUT2D eigenvalue weighted by atomic mass is 16.3. The Bertz CT molecular complexity index is 91.1. The Morgan fingerprint density at radius 2 is 2.11 bits per heavy atom. The van der Waals surface area contributed by atoms with E-state index in [2.05, 4.69) is 0 Å². The maximum Gasteiger partial charge on any atom is 0.0585 e. The van der Waals surface area contributed by atoms with E-state index in [-0.39, 0.29) is 18.8 Å². The number of rotatable bonds is 2. The van der Waals surface area contributed by atoms with Crippen molar-refractivity contribution in [1.82, 2.24) is 0 Å². The molecule has 0 amide bonds. The second-order valence-electron chi connectivity index (χ2n) is 2.73. The van der Waals surface area contributed by atoms with Crippen LogP contribution in [0.2, 0.25) is 0 Å². The van der Waals surface area contributed by atoms with Crippen LogP contribution in [-0.4, -0.2) is 29.0 Å². The van der Waals surface area contributed by atoms with Gasteiger partial charge in [0.2, 0.25) is 0 Å². The molecular weight excluding hydrogens is 118 g/mol. The number of hydrogen-bond acceptors (Lipinski definition) is 3. The van der Waals surface area contributed by atoms with Crippen LogP contribution in [0, 0.1) is 5.92 Å². The zero-order valence-electron chi connectivity index (χ0n) is 5.33. The van der Waals surface area contributed by atoms with Gasteiger partial charge in [-0.1, -0.05) is 0 Å². The average Bonchev–Trinajstić information content (AvgIpc) is 1.79. The molecule has 1 saturated carbocycles. The number of nitrogens with two attached hydrogens (primary N) is 1. The molecule has 1 atom stereocenters. The summed E-state index contributed by atoms with van der Waals surface area (Å²) < 4.78 is 0. The quantitative estimate of drug-likeness (QED) is 0.454. The molecule has 0 saturated heterocycles. The summed E-state index contributed by atoms with van der Waals surface area (Å²) >= 11 is 0. The molecule has 4 N–H and O–H groups in total. The molecule has 1 rings (SSSR count). The first-order valence-electron chi connectivity index (χ1n) is 3.28. The van der Waals surface area contributed by atoms with Crippen molar-refractivity contribution in [2.75, 3.05) is 6.61 Å². The summed E-state index contributed by atoms with van der Waals surface area (Å²) in [5.41, 5.74) is 5.48. The summed E-state index contributed by atoms with van der Waals surface area (Å²) in [6.07, 6.45) is 1.37. The fraction of sp³-hybridized carbons (Fsp3) is 1.00. The molecule has 0 heterocycles. The minimum atomic E-state index is -0.160. The second-order valence-corrected chi connectivity index (χ2v) is 2.73. The van der Waals surface area contributed by atoms with Crippen LogP contribution in [0.4, 0.5) is 0 Å². The van der Waals surface area contributed by atoms with Gasteiger partial charge in [-0.15, -0.1) is 0 Å². The molecular formula is C6H13NO2. The summed E-state index contributed by atoms with van der Waals surface area (Å²) in [4.78, 5) is 0. The van der Waals surface area contributed by atoms with Crippen LogP contribution in [0.5, 0.6) is 0 Å².